The third-order valence-electron chi connectivity index (χ3n) is 0.447. The summed E-state index contributed by atoms with van der Waals surface area (Å²) in [6.07, 6.45) is 0. The monoisotopic (exact) mass is 162 g/mol. The van der Waals surface area contributed by atoms with Crippen LogP contribution in [0.2, 0.25) is 0 Å². The molecule has 2 heteroatoms. The standard InChI is InChI=1S/C4H10N.Zr/c1-3-5-4-2;/h3-4H2,1-2H3;/q-1;. The van der Waals surface area contributed by atoms with Crippen LogP contribution in [0.25, 0.3) is 5.32 Å². The summed E-state index contributed by atoms with van der Waals surface area (Å²) in [4.78, 5) is 0. The summed E-state index contributed by atoms with van der Waals surface area (Å²) in [6.45, 7) is 6.03. The molecule has 0 unspecified atom stereocenters. The molecule has 0 aliphatic heterocycles. The molecule has 0 atom stereocenters. The molecule has 6 heavy (non-hydrogen) atoms. The molecule has 0 aliphatic carbocycles. The van der Waals surface area contributed by atoms with Crippen molar-refractivity contribution in [3.8, 4) is 0 Å². The van der Waals surface area contributed by atoms with Crippen molar-refractivity contribution in [1.29, 1.82) is 0 Å². The Bertz CT molecular complexity index is 15.0. The Labute approximate surface area is 58.6 Å². The maximum absolute atomic E-state index is 3.97. The number of rotatable bonds is 2. The molecule has 0 rings (SSSR count). The first kappa shape index (κ1) is 9.96. The Morgan fingerprint density at radius 1 is 1.17 bits per heavy atom. The van der Waals surface area contributed by atoms with E-state index in [1.165, 1.54) is 0 Å². The zero-order valence-electron chi connectivity index (χ0n) is 4.36. The summed E-state index contributed by atoms with van der Waals surface area (Å²) in [7, 11) is 0. The van der Waals surface area contributed by atoms with Crippen molar-refractivity contribution < 1.29 is 26.2 Å². The Balaban J connectivity index is 0. The molecule has 0 amide bonds. The molecule has 0 saturated heterocycles. The maximum atomic E-state index is 3.97. The van der Waals surface area contributed by atoms with E-state index < -0.39 is 0 Å². The maximum Gasteiger partial charge on any atom is 0 e. The quantitative estimate of drug-likeness (QED) is 0.584. The summed E-state index contributed by atoms with van der Waals surface area (Å²) >= 11 is 0. The second-order valence-electron chi connectivity index (χ2n) is 0.856. The molecule has 1 nitrogen and oxygen atoms in total. The molecule has 0 aromatic rings. The van der Waals surface area contributed by atoms with Crippen LogP contribution in [-0.4, -0.2) is 13.1 Å². The van der Waals surface area contributed by atoms with Gasteiger partial charge in [0.2, 0.25) is 0 Å². The van der Waals surface area contributed by atoms with E-state index in [-0.39, 0.29) is 26.2 Å². The van der Waals surface area contributed by atoms with E-state index in [1.54, 1.807) is 0 Å². The van der Waals surface area contributed by atoms with Crippen LogP contribution in [0, 0.1) is 0 Å². The number of nitrogens with zero attached hydrogens (tertiary/aromatic N) is 1. The molecule has 36 valence electrons. The minimum absolute atomic E-state index is 0. The summed E-state index contributed by atoms with van der Waals surface area (Å²) in [5, 5.41) is 3.97. The topological polar surface area (TPSA) is 14.1 Å². The smallest absolute Gasteiger partial charge is 0 e. The van der Waals surface area contributed by atoms with Gasteiger partial charge >= 0.3 is 0 Å². The van der Waals surface area contributed by atoms with Crippen LogP contribution in [0.1, 0.15) is 13.8 Å². The molecule has 0 aromatic heterocycles. The minimum atomic E-state index is 0. The van der Waals surface area contributed by atoms with Gasteiger partial charge in [0.15, 0.2) is 0 Å². The first-order valence-electron chi connectivity index (χ1n) is 2.05. The summed E-state index contributed by atoms with van der Waals surface area (Å²) in [5.74, 6) is 0. The normalized spacial score (nSPS) is 7.00. The van der Waals surface area contributed by atoms with E-state index in [1.807, 2.05) is 13.8 Å². The largest absolute Gasteiger partial charge is 0.663 e. The molecular weight excluding hydrogens is 153 g/mol. The van der Waals surface area contributed by atoms with Crippen molar-refractivity contribution in [2.24, 2.45) is 0 Å². The van der Waals surface area contributed by atoms with E-state index in [0.717, 1.165) is 13.1 Å². The molecule has 0 heterocycles. The molecule has 0 aliphatic rings. The predicted octanol–water partition coefficient (Wildman–Crippen LogP) is 1.40. The zero-order chi connectivity index (χ0) is 4.12. The van der Waals surface area contributed by atoms with Gasteiger partial charge in [-0.1, -0.05) is 13.8 Å². The van der Waals surface area contributed by atoms with Crippen LogP contribution in [0.5, 0.6) is 0 Å². The van der Waals surface area contributed by atoms with Crippen molar-refractivity contribution in [3.63, 3.8) is 0 Å². The Kier molecular flexibility index (Phi) is 15.4. The van der Waals surface area contributed by atoms with E-state index >= 15 is 0 Å². The zero-order valence-corrected chi connectivity index (χ0v) is 6.82. The third kappa shape index (κ3) is 8.85. The molecule has 0 saturated carbocycles. The van der Waals surface area contributed by atoms with E-state index in [0.29, 0.717) is 0 Å². The van der Waals surface area contributed by atoms with Crippen LogP contribution >= 0.6 is 0 Å². The molecule has 0 bridgehead atoms. The van der Waals surface area contributed by atoms with Gasteiger partial charge < -0.3 is 5.32 Å². The van der Waals surface area contributed by atoms with E-state index in [2.05, 4.69) is 5.32 Å². The van der Waals surface area contributed by atoms with E-state index in [4.69, 9.17) is 0 Å². The van der Waals surface area contributed by atoms with Crippen molar-refractivity contribution in [3.05, 3.63) is 5.32 Å². The third-order valence-corrected chi connectivity index (χ3v) is 0.447. The van der Waals surface area contributed by atoms with Gasteiger partial charge in [-0.2, -0.15) is 13.1 Å². The number of hydrogen-bond acceptors (Lipinski definition) is 0. The van der Waals surface area contributed by atoms with Gasteiger partial charge in [0.05, 0.1) is 0 Å². The van der Waals surface area contributed by atoms with Crippen molar-refractivity contribution in [2.75, 3.05) is 13.1 Å². The Hall–Kier alpha value is 0.843. The first-order chi connectivity index (χ1) is 2.41. The second-order valence-corrected chi connectivity index (χ2v) is 0.856. The van der Waals surface area contributed by atoms with Gasteiger partial charge in [-0.25, -0.2) is 0 Å². The van der Waals surface area contributed by atoms with Crippen LogP contribution in [-0.2, 0) is 26.2 Å². The molecule has 0 N–H and O–H groups in total. The van der Waals surface area contributed by atoms with Gasteiger partial charge in [0, 0.05) is 26.2 Å². The second kappa shape index (κ2) is 9.28. The van der Waals surface area contributed by atoms with E-state index in [9.17, 15) is 0 Å². The summed E-state index contributed by atoms with van der Waals surface area (Å²) < 4.78 is 0. The Morgan fingerprint density at radius 3 is 1.50 bits per heavy atom. The van der Waals surface area contributed by atoms with Gasteiger partial charge in [-0.3, -0.25) is 0 Å². The van der Waals surface area contributed by atoms with Crippen LogP contribution in [0.3, 0.4) is 0 Å². The van der Waals surface area contributed by atoms with Gasteiger partial charge in [-0.15, -0.1) is 0 Å². The average Bonchev–Trinajstić information content (AvgIpc) is 1.41. The molecule has 0 fully saturated rings. The first-order valence-corrected chi connectivity index (χ1v) is 2.05. The van der Waals surface area contributed by atoms with Gasteiger partial charge in [0.25, 0.3) is 0 Å². The fourth-order valence-electron chi connectivity index (χ4n) is 0.224. The predicted molar refractivity (Wildman–Crippen MR) is 24.4 cm³/mol. The minimum Gasteiger partial charge on any atom is -0.663 e. The molecule has 0 aromatic carbocycles. The average molecular weight is 163 g/mol. The van der Waals surface area contributed by atoms with Gasteiger partial charge in [-0.05, 0) is 0 Å². The molecule has 0 radical (unpaired) electrons. The van der Waals surface area contributed by atoms with Crippen LogP contribution < -0.4 is 0 Å². The van der Waals surface area contributed by atoms with Crippen molar-refractivity contribution in [2.45, 2.75) is 13.8 Å². The summed E-state index contributed by atoms with van der Waals surface area (Å²) in [5.41, 5.74) is 0. The number of hydrogen-bond donors (Lipinski definition) is 0. The van der Waals surface area contributed by atoms with Gasteiger partial charge in [0.1, 0.15) is 0 Å². The SMILES string of the molecule is CC[N-]CC.[Zr]. The van der Waals surface area contributed by atoms with Crippen molar-refractivity contribution in [1.82, 2.24) is 0 Å². The molecular formula is C4H10NZr-. The van der Waals surface area contributed by atoms with Crippen LogP contribution in [0.15, 0.2) is 0 Å². The van der Waals surface area contributed by atoms with Crippen LogP contribution in [0.4, 0.5) is 0 Å². The van der Waals surface area contributed by atoms with Crippen molar-refractivity contribution >= 4 is 0 Å². The fraction of sp³-hybridized carbons (Fsp3) is 1.00. The summed E-state index contributed by atoms with van der Waals surface area (Å²) in [6, 6.07) is 0. The fourth-order valence-corrected chi connectivity index (χ4v) is 0.224. The Morgan fingerprint density at radius 2 is 1.50 bits per heavy atom. The molecule has 0 spiro atoms.